The van der Waals surface area contributed by atoms with Crippen LogP contribution in [0, 0.1) is 5.82 Å². The number of pyridine rings is 1. The minimum atomic E-state index is -0.489. The molecule has 21 heavy (non-hydrogen) atoms. The predicted molar refractivity (Wildman–Crippen MR) is 82.8 cm³/mol. The van der Waals surface area contributed by atoms with Crippen LogP contribution in [0.4, 0.5) is 4.39 Å². The zero-order chi connectivity index (χ0) is 14.8. The molecule has 0 radical (unpaired) electrons. The van der Waals surface area contributed by atoms with Gasteiger partial charge in [-0.05, 0) is 29.7 Å². The minimum absolute atomic E-state index is 0.00491. The molecule has 106 valence electrons. The SMILES string of the molecule is Fc1ccc(Oc2nc(CCl)cc3ccccc23)cc1Cl. The Morgan fingerprint density at radius 1 is 1.10 bits per heavy atom. The Balaban J connectivity index is 2.08. The van der Waals surface area contributed by atoms with Crippen molar-refractivity contribution < 1.29 is 9.13 Å². The summed E-state index contributed by atoms with van der Waals surface area (Å²) in [5.74, 6) is 0.638. The van der Waals surface area contributed by atoms with Crippen LogP contribution in [0.25, 0.3) is 10.8 Å². The van der Waals surface area contributed by atoms with Gasteiger partial charge in [0.2, 0.25) is 5.88 Å². The molecule has 0 aliphatic carbocycles. The molecule has 1 aromatic heterocycles. The van der Waals surface area contributed by atoms with E-state index in [2.05, 4.69) is 4.98 Å². The Kier molecular flexibility index (Phi) is 3.95. The third-order valence-electron chi connectivity index (χ3n) is 3.00. The van der Waals surface area contributed by atoms with Crippen molar-refractivity contribution in [1.29, 1.82) is 0 Å². The fourth-order valence-electron chi connectivity index (χ4n) is 2.02. The van der Waals surface area contributed by atoms with Crippen LogP contribution in [0.5, 0.6) is 11.6 Å². The van der Waals surface area contributed by atoms with Crippen LogP contribution in [-0.4, -0.2) is 4.98 Å². The van der Waals surface area contributed by atoms with E-state index in [1.54, 1.807) is 0 Å². The maximum absolute atomic E-state index is 13.2. The fourth-order valence-corrected chi connectivity index (χ4v) is 2.33. The van der Waals surface area contributed by atoms with Crippen LogP contribution in [-0.2, 0) is 5.88 Å². The van der Waals surface area contributed by atoms with E-state index in [0.29, 0.717) is 17.3 Å². The normalized spacial score (nSPS) is 10.8. The second-order valence-electron chi connectivity index (χ2n) is 4.45. The maximum Gasteiger partial charge on any atom is 0.227 e. The van der Waals surface area contributed by atoms with Gasteiger partial charge >= 0.3 is 0 Å². The lowest BCUT2D eigenvalue weighted by Gasteiger charge is -2.10. The first-order valence-electron chi connectivity index (χ1n) is 6.25. The van der Waals surface area contributed by atoms with E-state index in [4.69, 9.17) is 27.9 Å². The average molecular weight is 322 g/mol. The molecule has 2 nitrogen and oxygen atoms in total. The van der Waals surface area contributed by atoms with Crippen LogP contribution in [0.2, 0.25) is 5.02 Å². The highest BCUT2D eigenvalue weighted by Gasteiger charge is 2.09. The van der Waals surface area contributed by atoms with Crippen LogP contribution in [0.15, 0.2) is 48.5 Å². The van der Waals surface area contributed by atoms with Gasteiger partial charge in [-0.15, -0.1) is 11.6 Å². The van der Waals surface area contributed by atoms with E-state index >= 15 is 0 Å². The molecule has 0 aliphatic heterocycles. The van der Waals surface area contributed by atoms with Gasteiger partial charge in [-0.2, -0.15) is 0 Å². The zero-order valence-electron chi connectivity index (χ0n) is 10.8. The molecule has 2 aromatic carbocycles. The first-order valence-corrected chi connectivity index (χ1v) is 7.16. The van der Waals surface area contributed by atoms with Crippen LogP contribution < -0.4 is 4.74 Å². The molecule has 3 rings (SSSR count). The zero-order valence-corrected chi connectivity index (χ0v) is 12.3. The van der Waals surface area contributed by atoms with Crippen molar-refractivity contribution in [1.82, 2.24) is 4.98 Å². The van der Waals surface area contributed by atoms with E-state index in [0.717, 1.165) is 10.8 Å². The Bertz CT molecular complexity index is 807. The van der Waals surface area contributed by atoms with Crippen LogP contribution >= 0.6 is 23.2 Å². The number of hydrogen-bond acceptors (Lipinski definition) is 2. The van der Waals surface area contributed by atoms with Crippen molar-refractivity contribution in [2.24, 2.45) is 0 Å². The highest BCUT2D eigenvalue weighted by atomic mass is 35.5. The lowest BCUT2D eigenvalue weighted by molar-refractivity contribution is 0.466. The lowest BCUT2D eigenvalue weighted by atomic mass is 10.1. The van der Waals surface area contributed by atoms with Gasteiger partial charge in [-0.3, -0.25) is 0 Å². The Hall–Kier alpha value is -1.84. The number of benzene rings is 2. The molecule has 0 aliphatic rings. The standard InChI is InChI=1S/C16H10Cl2FNO/c17-9-11-7-10-3-1-2-4-13(10)16(20-11)21-12-5-6-15(19)14(18)8-12/h1-8H,9H2. The van der Waals surface area contributed by atoms with Crippen molar-refractivity contribution in [3.8, 4) is 11.6 Å². The average Bonchev–Trinajstić information content (AvgIpc) is 2.51. The van der Waals surface area contributed by atoms with E-state index < -0.39 is 5.82 Å². The third-order valence-corrected chi connectivity index (χ3v) is 3.56. The van der Waals surface area contributed by atoms with E-state index in [1.165, 1.54) is 18.2 Å². The summed E-state index contributed by atoms with van der Waals surface area (Å²) in [7, 11) is 0. The summed E-state index contributed by atoms with van der Waals surface area (Å²) >= 11 is 11.6. The van der Waals surface area contributed by atoms with Crippen molar-refractivity contribution in [2.45, 2.75) is 5.88 Å². The summed E-state index contributed by atoms with van der Waals surface area (Å²) in [6, 6.07) is 13.8. The highest BCUT2D eigenvalue weighted by molar-refractivity contribution is 6.30. The molecule has 0 unspecified atom stereocenters. The number of rotatable bonds is 3. The predicted octanol–water partition coefficient (Wildman–Crippen LogP) is 5.56. The van der Waals surface area contributed by atoms with Gasteiger partial charge in [0.25, 0.3) is 0 Å². The number of alkyl halides is 1. The van der Waals surface area contributed by atoms with E-state index in [-0.39, 0.29) is 10.9 Å². The summed E-state index contributed by atoms with van der Waals surface area (Å²) in [5.41, 5.74) is 0.707. The number of hydrogen-bond donors (Lipinski definition) is 0. The fraction of sp³-hybridized carbons (Fsp3) is 0.0625. The number of halogens is 3. The second kappa shape index (κ2) is 5.88. The number of fused-ring (bicyclic) bond motifs is 1. The van der Waals surface area contributed by atoms with Gasteiger partial charge < -0.3 is 4.74 Å². The summed E-state index contributed by atoms with van der Waals surface area (Å²) in [6.07, 6.45) is 0. The molecular formula is C16H10Cl2FNO. The first-order chi connectivity index (χ1) is 10.2. The molecule has 0 fully saturated rings. The second-order valence-corrected chi connectivity index (χ2v) is 5.13. The smallest absolute Gasteiger partial charge is 0.227 e. The molecule has 3 aromatic rings. The monoisotopic (exact) mass is 321 g/mol. The summed E-state index contributed by atoms with van der Waals surface area (Å²) in [4.78, 5) is 4.38. The van der Waals surface area contributed by atoms with Gasteiger partial charge in [-0.1, -0.05) is 29.8 Å². The minimum Gasteiger partial charge on any atom is -0.438 e. The van der Waals surface area contributed by atoms with Crippen molar-refractivity contribution in [2.75, 3.05) is 0 Å². The van der Waals surface area contributed by atoms with Crippen LogP contribution in [0.3, 0.4) is 0 Å². The Morgan fingerprint density at radius 2 is 1.90 bits per heavy atom. The van der Waals surface area contributed by atoms with Gasteiger partial charge in [0.15, 0.2) is 0 Å². The number of aromatic nitrogens is 1. The molecule has 0 N–H and O–H groups in total. The van der Waals surface area contributed by atoms with Crippen LogP contribution in [0.1, 0.15) is 5.69 Å². The van der Waals surface area contributed by atoms with E-state index in [9.17, 15) is 4.39 Å². The molecule has 1 heterocycles. The highest BCUT2D eigenvalue weighted by Crippen LogP contribution is 2.31. The molecule has 0 atom stereocenters. The number of nitrogens with zero attached hydrogens (tertiary/aromatic N) is 1. The van der Waals surface area contributed by atoms with Gasteiger partial charge in [0.05, 0.1) is 16.6 Å². The molecule has 0 saturated carbocycles. The van der Waals surface area contributed by atoms with Crippen molar-refractivity contribution in [3.63, 3.8) is 0 Å². The number of ether oxygens (including phenoxy) is 1. The molecular weight excluding hydrogens is 312 g/mol. The van der Waals surface area contributed by atoms with Crippen molar-refractivity contribution in [3.05, 3.63) is 65.1 Å². The summed E-state index contributed by atoms with van der Waals surface area (Å²) in [6.45, 7) is 0. The van der Waals surface area contributed by atoms with E-state index in [1.807, 2.05) is 30.3 Å². The molecule has 5 heteroatoms. The Labute approximate surface area is 131 Å². The molecule has 0 amide bonds. The third kappa shape index (κ3) is 2.94. The molecule has 0 bridgehead atoms. The quantitative estimate of drug-likeness (QED) is 0.589. The van der Waals surface area contributed by atoms with Gasteiger partial charge in [-0.25, -0.2) is 9.37 Å². The summed E-state index contributed by atoms with van der Waals surface area (Å²) < 4.78 is 18.9. The van der Waals surface area contributed by atoms with Gasteiger partial charge in [0, 0.05) is 11.5 Å². The topological polar surface area (TPSA) is 22.1 Å². The first kappa shape index (κ1) is 14.1. The van der Waals surface area contributed by atoms with Crippen molar-refractivity contribution >= 4 is 34.0 Å². The lowest BCUT2D eigenvalue weighted by Crippen LogP contribution is -1.94. The Morgan fingerprint density at radius 3 is 2.67 bits per heavy atom. The molecule has 0 saturated heterocycles. The van der Waals surface area contributed by atoms with Gasteiger partial charge in [0.1, 0.15) is 11.6 Å². The summed E-state index contributed by atoms with van der Waals surface area (Å²) in [5, 5.41) is 1.84. The maximum atomic E-state index is 13.2. The molecule has 0 spiro atoms. The largest absolute Gasteiger partial charge is 0.438 e.